The summed E-state index contributed by atoms with van der Waals surface area (Å²) in [6.07, 6.45) is 2.92. The smallest absolute Gasteiger partial charge is 0.187 e. The number of hydrogen-bond acceptors (Lipinski definition) is 2. The summed E-state index contributed by atoms with van der Waals surface area (Å²) in [5.41, 5.74) is 4.02. The maximum atomic E-state index is 12.0. The summed E-state index contributed by atoms with van der Waals surface area (Å²) in [6.45, 7) is 6.56. The third-order valence-corrected chi connectivity index (χ3v) is 4.96. The zero-order chi connectivity index (χ0) is 15.7. The lowest BCUT2D eigenvalue weighted by Crippen LogP contribution is -2.23. The van der Waals surface area contributed by atoms with Gasteiger partial charge in [0.15, 0.2) is 5.43 Å². The van der Waals surface area contributed by atoms with Gasteiger partial charge in [-0.3, -0.25) is 9.69 Å². The number of halogens is 1. The fourth-order valence-electron chi connectivity index (χ4n) is 3.23. The number of benzene rings is 1. The molecular weight excluding hydrogens is 296 g/mol. The van der Waals surface area contributed by atoms with Gasteiger partial charge in [-0.2, -0.15) is 0 Å². The number of likely N-dealkylation sites (tertiary alicyclic amines) is 1. The number of aromatic amines is 1. The minimum absolute atomic E-state index is 0.149. The molecule has 0 spiro atoms. The second kappa shape index (κ2) is 6.27. The van der Waals surface area contributed by atoms with Crippen LogP contribution in [0.1, 0.15) is 34.7 Å². The van der Waals surface area contributed by atoms with Gasteiger partial charge in [0.2, 0.25) is 0 Å². The normalized spacial score (nSPS) is 18.8. The molecule has 2 heterocycles. The van der Waals surface area contributed by atoms with E-state index in [9.17, 15) is 4.79 Å². The van der Waals surface area contributed by atoms with Crippen molar-refractivity contribution < 1.29 is 0 Å². The highest BCUT2D eigenvalue weighted by Crippen LogP contribution is 2.32. The van der Waals surface area contributed by atoms with E-state index in [1.807, 2.05) is 38.2 Å². The molecule has 3 rings (SSSR count). The fourth-order valence-corrected chi connectivity index (χ4v) is 3.52. The SMILES string of the molecule is Cc1c[nH]c(CN2CCC(c3ccccc3Cl)C2)c(C)c1=O. The molecule has 0 bridgehead atoms. The van der Waals surface area contributed by atoms with E-state index in [4.69, 9.17) is 11.6 Å². The van der Waals surface area contributed by atoms with E-state index in [1.165, 1.54) is 5.56 Å². The van der Waals surface area contributed by atoms with Crippen molar-refractivity contribution >= 4 is 11.6 Å². The molecule has 1 aromatic carbocycles. The van der Waals surface area contributed by atoms with Crippen LogP contribution in [0.4, 0.5) is 0 Å². The van der Waals surface area contributed by atoms with Crippen molar-refractivity contribution in [1.82, 2.24) is 9.88 Å². The van der Waals surface area contributed by atoms with Crippen molar-refractivity contribution in [3.05, 3.63) is 68.1 Å². The molecule has 22 heavy (non-hydrogen) atoms. The summed E-state index contributed by atoms with van der Waals surface area (Å²) in [7, 11) is 0. The van der Waals surface area contributed by atoms with E-state index in [2.05, 4.69) is 16.0 Å². The predicted molar refractivity (Wildman–Crippen MR) is 90.6 cm³/mol. The molecule has 4 heteroatoms. The molecule has 2 aromatic rings. The van der Waals surface area contributed by atoms with E-state index in [0.717, 1.165) is 47.9 Å². The summed E-state index contributed by atoms with van der Waals surface area (Å²) in [5.74, 6) is 0.478. The molecule has 0 aliphatic carbocycles. The van der Waals surface area contributed by atoms with E-state index < -0.39 is 0 Å². The number of nitrogens with one attached hydrogen (secondary N) is 1. The van der Waals surface area contributed by atoms with Crippen molar-refractivity contribution in [2.75, 3.05) is 13.1 Å². The largest absolute Gasteiger partial charge is 0.363 e. The standard InChI is InChI=1S/C18H21ClN2O/c1-12-9-20-17(13(2)18(12)22)11-21-8-7-14(10-21)15-5-3-4-6-16(15)19/h3-6,9,14H,7-8,10-11H2,1-2H3,(H,20,22). The van der Waals surface area contributed by atoms with Crippen molar-refractivity contribution in [2.24, 2.45) is 0 Å². The molecule has 116 valence electrons. The highest BCUT2D eigenvalue weighted by atomic mass is 35.5. The Labute approximate surface area is 135 Å². The van der Waals surface area contributed by atoms with Gasteiger partial charge in [0, 0.05) is 41.1 Å². The Bertz CT molecular complexity index is 738. The molecule has 1 aromatic heterocycles. The van der Waals surface area contributed by atoms with Gasteiger partial charge in [0.25, 0.3) is 0 Å². The van der Waals surface area contributed by atoms with Crippen LogP contribution in [0.3, 0.4) is 0 Å². The maximum absolute atomic E-state index is 12.0. The molecule has 1 fully saturated rings. The Morgan fingerprint density at radius 2 is 2.09 bits per heavy atom. The molecule has 1 aliphatic heterocycles. The molecule has 1 saturated heterocycles. The van der Waals surface area contributed by atoms with Crippen LogP contribution in [0.25, 0.3) is 0 Å². The number of nitrogens with zero attached hydrogens (tertiary/aromatic N) is 1. The van der Waals surface area contributed by atoms with E-state index in [-0.39, 0.29) is 5.43 Å². The summed E-state index contributed by atoms with van der Waals surface area (Å²) >= 11 is 6.31. The lowest BCUT2D eigenvalue weighted by atomic mass is 9.98. The van der Waals surface area contributed by atoms with E-state index >= 15 is 0 Å². The van der Waals surface area contributed by atoms with Gasteiger partial charge in [-0.25, -0.2) is 0 Å². The third kappa shape index (κ3) is 2.96. The second-order valence-corrected chi connectivity index (χ2v) is 6.55. The summed E-state index contributed by atoms with van der Waals surface area (Å²) < 4.78 is 0. The van der Waals surface area contributed by atoms with Gasteiger partial charge < -0.3 is 4.98 Å². The molecule has 0 saturated carbocycles. The van der Waals surface area contributed by atoms with Gasteiger partial charge in [0.1, 0.15) is 0 Å². The number of aromatic nitrogens is 1. The third-order valence-electron chi connectivity index (χ3n) is 4.61. The lowest BCUT2D eigenvalue weighted by molar-refractivity contribution is 0.322. The van der Waals surface area contributed by atoms with Gasteiger partial charge in [-0.15, -0.1) is 0 Å². The molecule has 1 atom stereocenters. The first kappa shape index (κ1) is 15.3. The zero-order valence-corrected chi connectivity index (χ0v) is 13.8. The Kier molecular flexibility index (Phi) is 4.37. The molecule has 1 aliphatic rings. The average Bonchev–Trinajstić information content (AvgIpc) is 2.97. The Hall–Kier alpha value is -1.58. The zero-order valence-electron chi connectivity index (χ0n) is 13.0. The van der Waals surface area contributed by atoms with Gasteiger partial charge >= 0.3 is 0 Å². The minimum Gasteiger partial charge on any atom is -0.363 e. The van der Waals surface area contributed by atoms with E-state index in [0.29, 0.717) is 5.92 Å². The van der Waals surface area contributed by atoms with Crippen molar-refractivity contribution in [2.45, 2.75) is 32.7 Å². The van der Waals surface area contributed by atoms with Crippen LogP contribution in [0.5, 0.6) is 0 Å². The Morgan fingerprint density at radius 1 is 1.32 bits per heavy atom. The summed E-state index contributed by atoms with van der Waals surface area (Å²) in [5, 5.41) is 0.856. The van der Waals surface area contributed by atoms with Crippen molar-refractivity contribution in [3.8, 4) is 0 Å². The number of rotatable bonds is 3. The van der Waals surface area contributed by atoms with Crippen molar-refractivity contribution in [3.63, 3.8) is 0 Å². The van der Waals surface area contributed by atoms with Crippen LogP contribution < -0.4 is 5.43 Å². The number of H-pyrrole nitrogens is 1. The number of pyridine rings is 1. The molecular formula is C18H21ClN2O. The van der Waals surface area contributed by atoms with Crippen molar-refractivity contribution in [1.29, 1.82) is 0 Å². The first-order valence-corrected chi connectivity index (χ1v) is 8.08. The second-order valence-electron chi connectivity index (χ2n) is 6.15. The summed E-state index contributed by atoms with van der Waals surface area (Å²) in [4.78, 5) is 17.7. The highest BCUT2D eigenvalue weighted by molar-refractivity contribution is 6.31. The maximum Gasteiger partial charge on any atom is 0.187 e. The van der Waals surface area contributed by atoms with Crippen LogP contribution in [-0.2, 0) is 6.54 Å². The molecule has 3 nitrogen and oxygen atoms in total. The quantitative estimate of drug-likeness (QED) is 0.938. The highest BCUT2D eigenvalue weighted by Gasteiger charge is 2.25. The summed E-state index contributed by atoms with van der Waals surface area (Å²) in [6, 6.07) is 8.10. The molecule has 0 amide bonds. The first-order valence-electron chi connectivity index (χ1n) is 7.71. The minimum atomic E-state index is 0.149. The van der Waals surface area contributed by atoms with Gasteiger partial charge in [-0.1, -0.05) is 29.8 Å². The van der Waals surface area contributed by atoms with E-state index in [1.54, 1.807) is 0 Å². The first-order chi connectivity index (χ1) is 10.6. The number of aryl methyl sites for hydroxylation is 1. The Balaban J connectivity index is 1.73. The molecule has 1 unspecified atom stereocenters. The fraction of sp³-hybridized carbons (Fsp3) is 0.389. The van der Waals surface area contributed by atoms with Gasteiger partial charge in [0.05, 0.1) is 0 Å². The average molecular weight is 317 g/mol. The Morgan fingerprint density at radius 3 is 2.86 bits per heavy atom. The monoisotopic (exact) mass is 316 g/mol. The predicted octanol–water partition coefficient (Wildman–Crippen LogP) is 3.63. The lowest BCUT2D eigenvalue weighted by Gasteiger charge is -2.18. The van der Waals surface area contributed by atoms with Crippen LogP contribution in [0, 0.1) is 13.8 Å². The van der Waals surface area contributed by atoms with Crippen LogP contribution in [0.15, 0.2) is 35.3 Å². The van der Waals surface area contributed by atoms with Crippen LogP contribution >= 0.6 is 11.6 Å². The van der Waals surface area contributed by atoms with Gasteiger partial charge in [-0.05, 0) is 44.4 Å². The number of hydrogen-bond donors (Lipinski definition) is 1. The topological polar surface area (TPSA) is 36.1 Å². The van der Waals surface area contributed by atoms with Crippen LogP contribution in [-0.4, -0.2) is 23.0 Å². The molecule has 1 N–H and O–H groups in total. The molecule has 0 radical (unpaired) electrons. The van der Waals surface area contributed by atoms with Crippen LogP contribution in [0.2, 0.25) is 5.02 Å².